The molecular formula is C21H22N4O4S. The molecule has 1 N–H and O–H groups in total. The van der Waals surface area contributed by atoms with E-state index in [1.54, 1.807) is 0 Å². The van der Waals surface area contributed by atoms with Crippen molar-refractivity contribution in [3.8, 4) is 0 Å². The quantitative estimate of drug-likeness (QED) is 0.356. The second-order valence-corrected chi connectivity index (χ2v) is 8.71. The molecule has 0 fully saturated rings. The zero-order chi connectivity index (χ0) is 21.7. The molecular weight excluding hydrogens is 404 g/mol. The van der Waals surface area contributed by atoms with Gasteiger partial charge in [0.15, 0.2) is 0 Å². The fourth-order valence-electron chi connectivity index (χ4n) is 2.83. The number of aromatic nitrogens is 2. The van der Waals surface area contributed by atoms with Crippen LogP contribution in [0.25, 0.3) is 6.08 Å². The van der Waals surface area contributed by atoms with Gasteiger partial charge in [-0.2, -0.15) is 12.7 Å². The summed E-state index contributed by atoms with van der Waals surface area (Å²) >= 11 is 0. The van der Waals surface area contributed by atoms with E-state index in [4.69, 9.17) is 0 Å². The molecule has 1 amide bonds. The zero-order valence-electron chi connectivity index (χ0n) is 16.5. The monoisotopic (exact) mass is 426 g/mol. The molecule has 30 heavy (non-hydrogen) atoms. The van der Waals surface area contributed by atoms with E-state index in [1.807, 2.05) is 60.7 Å². The minimum absolute atomic E-state index is 0.262. The topological polar surface area (TPSA) is 95.7 Å². The Hall–Kier alpha value is -3.27. The van der Waals surface area contributed by atoms with E-state index >= 15 is 0 Å². The van der Waals surface area contributed by atoms with Crippen molar-refractivity contribution in [3.63, 3.8) is 0 Å². The summed E-state index contributed by atoms with van der Waals surface area (Å²) in [4.78, 5) is 16.6. The first-order valence-electron chi connectivity index (χ1n) is 9.08. The summed E-state index contributed by atoms with van der Waals surface area (Å²) < 4.78 is 26.2. The Morgan fingerprint density at radius 1 is 1.03 bits per heavy atom. The first-order chi connectivity index (χ1) is 14.3. The number of carbonyl (C=O) groups is 1. The maximum atomic E-state index is 12.6. The lowest BCUT2D eigenvalue weighted by Crippen LogP contribution is -2.31. The fourth-order valence-corrected chi connectivity index (χ4v) is 3.61. The van der Waals surface area contributed by atoms with E-state index in [1.165, 1.54) is 26.4 Å². The normalized spacial score (nSPS) is 12.0. The molecule has 1 heterocycles. The van der Waals surface area contributed by atoms with Crippen LogP contribution in [0, 0.1) is 0 Å². The van der Waals surface area contributed by atoms with Crippen molar-refractivity contribution >= 4 is 22.2 Å². The Morgan fingerprint density at radius 3 is 2.07 bits per heavy atom. The van der Waals surface area contributed by atoms with Gasteiger partial charge in [-0.3, -0.25) is 10.0 Å². The van der Waals surface area contributed by atoms with Crippen molar-refractivity contribution < 1.29 is 18.4 Å². The smallest absolute Gasteiger partial charge is 0.285 e. The van der Waals surface area contributed by atoms with Crippen molar-refractivity contribution in [1.29, 1.82) is 0 Å². The summed E-state index contributed by atoms with van der Waals surface area (Å²) in [5.74, 6) is -0.669. The summed E-state index contributed by atoms with van der Waals surface area (Å²) in [6.07, 6.45) is 4.92. The van der Waals surface area contributed by atoms with Crippen molar-refractivity contribution in [2.45, 2.75) is 6.04 Å². The average Bonchev–Trinajstić information content (AvgIpc) is 3.23. The lowest BCUT2D eigenvalue weighted by Gasteiger charge is -2.26. The first-order valence-corrected chi connectivity index (χ1v) is 10.5. The molecule has 8 nitrogen and oxygen atoms in total. The van der Waals surface area contributed by atoms with Crippen LogP contribution in [0.2, 0.25) is 0 Å². The molecule has 3 rings (SSSR count). The molecule has 0 aliphatic heterocycles. The number of amides is 1. The molecule has 0 saturated carbocycles. The van der Waals surface area contributed by atoms with Crippen molar-refractivity contribution in [1.82, 2.24) is 18.3 Å². The Morgan fingerprint density at radius 2 is 1.57 bits per heavy atom. The lowest BCUT2D eigenvalue weighted by atomic mass is 9.98. The Balaban J connectivity index is 1.84. The standard InChI is InChI=1S/C21H22N4O4S/c1-23(2)30(28,29)24-15-19(22-16-24)13-14-20(26)25(27)21(17-9-5-3-6-10-17)18-11-7-4-8-12-18/h3-16,21,27H,1-2H3/b14-13+. The maximum Gasteiger partial charge on any atom is 0.308 e. The van der Waals surface area contributed by atoms with Gasteiger partial charge in [-0.25, -0.2) is 14.0 Å². The number of hydroxylamine groups is 2. The van der Waals surface area contributed by atoms with Crippen LogP contribution in [0.15, 0.2) is 79.3 Å². The summed E-state index contributed by atoms with van der Waals surface area (Å²) in [7, 11) is -0.871. The van der Waals surface area contributed by atoms with Crippen LogP contribution in [0.1, 0.15) is 22.9 Å². The maximum absolute atomic E-state index is 12.6. The molecule has 0 saturated heterocycles. The number of hydrogen-bond acceptors (Lipinski definition) is 5. The molecule has 0 radical (unpaired) electrons. The SMILES string of the molecule is CN(C)S(=O)(=O)n1cnc(/C=C/C(=O)N(O)C(c2ccccc2)c2ccccc2)c1. The third kappa shape index (κ3) is 4.65. The van der Waals surface area contributed by atoms with Crippen LogP contribution in [0.4, 0.5) is 0 Å². The Bertz CT molecular complexity index is 1090. The average molecular weight is 426 g/mol. The van der Waals surface area contributed by atoms with Gasteiger partial charge in [0.2, 0.25) is 0 Å². The van der Waals surface area contributed by atoms with Crippen LogP contribution in [-0.2, 0) is 15.0 Å². The van der Waals surface area contributed by atoms with E-state index < -0.39 is 22.2 Å². The highest BCUT2D eigenvalue weighted by atomic mass is 32.2. The largest absolute Gasteiger partial charge is 0.308 e. The van der Waals surface area contributed by atoms with Gasteiger partial charge in [0.05, 0.1) is 5.69 Å². The molecule has 9 heteroatoms. The third-order valence-electron chi connectivity index (χ3n) is 4.41. The van der Waals surface area contributed by atoms with Gasteiger partial charge in [-0.1, -0.05) is 60.7 Å². The van der Waals surface area contributed by atoms with Gasteiger partial charge in [-0.15, -0.1) is 0 Å². The molecule has 0 aliphatic carbocycles. The molecule has 2 aromatic carbocycles. The number of benzene rings is 2. The van der Waals surface area contributed by atoms with E-state index in [9.17, 15) is 18.4 Å². The number of nitrogens with zero attached hydrogens (tertiary/aromatic N) is 4. The minimum Gasteiger partial charge on any atom is -0.285 e. The first kappa shape index (κ1) is 21.4. The highest BCUT2D eigenvalue weighted by Crippen LogP contribution is 2.27. The van der Waals surface area contributed by atoms with E-state index in [0.717, 1.165) is 31.8 Å². The second-order valence-electron chi connectivity index (χ2n) is 6.66. The molecule has 156 valence electrons. The second kappa shape index (κ2) is 9.04. The van der Waals surface area contributed by atoms with Crippen molar-refractivity contribution in [2.24, 2.45) is 0 Å². The van der Waals surface area contributed by atoms with Crippen LogP contribution in [0.5, 0.6) is 0 Å². The van der Waals surface area contributed by atoms with Crippen molar-refractivity contribution in [2.75, 3.05) is 14.1 Å². The van der Waals surface area contributed by atoms with Crippen LogP contribution in [0.3, 0.4) is 0 Å². The van der Waals surface area contributed by atoms with Crippen LogP contribution in [-0.4, -0.2) is 52.0 Å². The fraction of sp³-hybridized carbons (Fsp3) is 0.143. The van der Waals surface area contributed by atoms with Crippen LogP contribution >= 0.6 is 0 Å². The van der Waals surface area contributed by atoms with Crippen LogP contribution < -0.4 is 0 Å². The van der Waals surface area contributed by atoms with Gasteiger partial charge in [0.1, 0.15) is 12.4 Å². The van der Waals surface area contributed by atoms with E-state index in [0.29, 0.717) is 5.06 Å². The third-order valence-corrected chi connectivity index (χ3v) is 6.06. The molecule has 0 unspecified atom stereocenters. The molecule has 3 aromatic rings. The van der Waals surface area contributed by atoms with Gasteiger partial charge in [0, 0.05) is 26.4 Å². The van der Waals surface area contributed by atoms with Gasteiger partial charge in [-0.05, 0) is 17.2 Å². The number of hydrogen-bond donors (Lipinski definition) is 1. The number of rotatable bonds is 7. The van der Waals surface area contributed by atoms with Crippen molar-refractivity contribution in [3.05, 3.63) is 96.1 Å². The Kier molecular flexibility index (Phi) is 6.46. The van der Waals surface area contributed by atoms with E-state index in [2.05, 4.69) is 4.98 Å². The highest BCUT2D eigenvalue weighted by Gasteiger charge is 2.24. The lowest BCUT2D eigenvalue weighted by molar-refractivity contribution is -0.166. The summed E-state index contributed by atoms with van der Waals surface area (Å²) in [6, 6.07) is 17.6. The van der Waals surface area contributed by atoms with Gasteiger partial charge < -0.3 is 0 Å². The predicted octanol–water partition coefficient (Wildman–Crippen LogP) is 2.56. The summed E-state index contributed by atoms with van der Waals surface area (Å²) in [6.45, 7) is 0. The Labute approximate surface area is 175 Å². The predicted molar refractivity (Wildman–Crippen MR) is 113 cm³/mol. The minimum atomic E-state index is -3.69. The molecule has 0 aliphatic rings. The van der Waals surface area contributed by atoms with Gasteiger partial charge in [0.25, 0.3) is 5.91 Å². The zero-order valence-corrected chi connectivity index (χ0v) is 17.3. The molecule has 0 spiro atoms. The number of imidazole rings is 1. The molecule has 1 aromatic heterocycles. The highest BCUT2D eigenvalue weighted by molar-refractivity contribution is 7.87. The molecule has 0 bridgehead atoms. The summed E-state index contributed by atoms with van der Waals surface area (Å²) in [5, 5.41) is 11.3. The summed E-state index contributed by atoms with van der Waals surface area (Å²) in [5.41, 5.74) is 1.75. The van der Waals surface area contributed by atoms with Gasteiger partial charge >= 0.3 is 10.2 Å². The number of carbonyl (C=O) groups excluding carboxylic acids is 1. The van der Waals surface area contributed by atoms with E-state index in [-0.39, 0.29) is 5.69 Å². The molecule has 0 atom stereocenters.